The van der Waals surface area contributed by atoms with Gasteiger partial charge in [-0.05, 0) is 44.0 Å². The summed E-state index contributed by atoms with van der Waals surface area (Å²) in [5.41, 5.74) is 3.10. The van der Waals surface area contributed by atoms with E-state index in [1.165, 1.54) is 0 Å². The average molecular weight is 387 g/mol. The largest absolute Gasteiger partial charge is 0.497 e. The van der Waals surface area contributed by atoms with Crippen molar-refractivity contribution in [1.29, 1.82) is 0 Å². The van der Waals surface area contributed by atoms with Gasteiger partial charge in [0.2, 0.25) is 5.91 Å². The minimum absolute atomic E-state index is 0.182. The SMILES string of the molecule is COc1ccc(OC)c(CCC(=O)N2CCN(Cc3c(C)noc3C)CC2)c1. The van der Waals surface area contributed by atoms with E-state index in [2.05, 4.69) is 10.1 Å². The van der Waals surface area contributed by atoms with Crippen molar-refractivity contribution in [2.24, 2.45) is 0 Å². The zero-order valence-electron chi connectivity index (χ0n) is 17.2. The molecule has 0 saturated carbocycles. The molecule has 7 heteroatoms. The number of amides is 1. The second-order valence-corrected chi connectivity index (χ2v) is 7.14. The topological polar surface area (TPSA) is 68.0 Å². The van der Waals surface area contributed by atoms with Crippen LogP contribution < -0.4 is 9.47 Å². The third-order valence-electron chi connectivity index (χ3n) is 5.38. The summed E-state index contributed by atoms with van der Waals surface area (Å²) in [6, 6.07) is 5.68. The van der Waals surface area contributed by atoms with Gasteiger partial charge in [0.15, 0.2) is 0 Å². The Morgan fingerprint density at radius 3 is 2.50 bits per heavy atom. The van der Waals surface area contributed by atoms with E-state index in [4.69, 9.17) is 14.0 Å². The van der Waals surface area contributed by atoms with Crippen LogP contribution in [0.1, 0.15) is 29.0 Å². The molecule has 28 heavy (non-hydrogen) atoms. The first-order valence-electron chi connectivity index (χ1n) is 9.64. The molecular formula is C21H29N3O4. The summed E-state index contributed by atoms with van der Waals surface area (Å²) in [5.74, 6) is 2.62. The van der Waals surface area contributed by atoms with Crippen LogP contribution in [0.5, 0.6) is 11.5 Å². The fraction of sp³-hybridized carbons (Fsp3) is 0.524. The Hall–Kier alpha value is -2.54. The Kier molecular flexibility index (Phi) is 6.57. The molecule has 152 valence electrons. The van der Waals surface area contributed by atoms with E-state index in [1.807, 2.05) is 36.9 Å². The number of benzene rings is 1. The van der Waals surface area contributed by atoms with Crippen LogP contribution in [-0.4, -0.2) is 61.3 Å². The second kappa shape index (κ2) is 9.10. The number of aryl methyl sites for hydroxylation is 3. The first-order chi connectivity index (χ1) is 13.5. The number of piperazine rings is 1. The summed E-state index contributed by atoms with van der Waals surface area (Å²) in [5, 5.41) is 4.02. The van der Waals surface area contributed by atoms with E-state index < -0.39 is 0 Å². The molecule has 0 unspecified atom stereocenters. The highest BCUT2D eigenvalue weighted by Gasteiger charge is 2.23. The van der Waals surface area contributed by atoms with Crippen LogP contribution in [0.2, 0.25) is 0 Å². The Balaban J connectivity index is 1.50. The molecule has 0 radical (unpaired) electrons. The van der Waals surface area contributed by atoms with Crippen LogP contribution in [0, 0.1) is 13.8 Å². The Morgan fingerprint density at radius 2 is 1.89 bits per heavy atom. The van der Waals surface area contributed by atoms with Crippen LogP contribution in [0.15, 0.2) is 22.7 Å². The summed E-state index contributed by atoms with van der Waals surface area (Å²) in [6.07, 6.45) is 1.10. The first-order valence-corrected chi connectivity index (χ1v) is 9.64. The smallest absolute Gasteiger partial charge is 0.222 e. The van der Waals surface area contributed by atoms with E-state index in [0.717, 1.165) is 66.8 Å². The molecule has 2 heterocycles. The molecule has 0 N–H and O–H groups in total. The maximum atomic E-state index is 12.7. The number of ether oxygens (including phenoxy) is 2. The van der Waals surface area contributed by atoms with Crippen LogP contribution in [0.3, 0.4) is 0 Å². The minimum atomic E-state index is 0.182. The lowest BCUT2D eigenvalue weighted by Crippen LogP contribution is -2.48. The van der Waals surface area contributed by atoms with Crippen LogP contribution in [-0.2, 0) is 17.8 Å². The normalized spacial score (nSPS) is 14.9. The van der Waals surface area contributed by atoms with E-state index >= 15 is 0 Å². The van der Waals surface area contributed by atoms with Gasteiger partial charge in [-0.15, -0.1) is 0 Å². The molecule has 3 rings (SSSR count). The van der Waals surface area contributed by atoms with Gasteiger partial charge in [0, 0.05) is 44.7 Å². The Labute approximate surface area is 166 Å². The lowest BCUT2D eigenvalue weighted by molar-refractivity contribution is -0.133. The summed E-state index contributed by atoms with van der Waals surface area (Å²) >= 11 is 0. The van der Waals surface area contributed by atoms with Crippen molar-refractivity contribution < 1.29 is 18.8 Å². The van der Waals surface area contributed by atoms with Gasteiger partial charge in [-0.25, -0.2) is 0 Å². The molecule has 1 fully saturated rings. The lowest BCUT2D eigenvalue weighted by Gasteiger charge is -2.34. The summed E-state index contributed by atoms with van der Waals surface area (Å²) in [7, 11) is 3.28. The Morgan fingerprint density at radius 1 is 1.14 bits per heavy atom. The quantitative estimate of drug-likeness (QED) is 0.727. The number of methoxy groups -OCH3 is 2. The van der Waals surface area contributed by atoms with Gasteiger partial charge in [0.05, 0.1) is 19.9 Å². The molecule has 1 aliphatic heterocycles. The van der Waals surface area contributed by atoms with Gasteiger partial charge >= 0.3 is 0 Å². The van der Waals surface area contributed by atoms with Crippen molar-refractivity contribution in [2.75, 3.05) is 40.4 Å². The molecule has 0 atom stereocenters. The highest BCUT2D eigenvalue weighted by Crippen LogP contribution is 2.25. The van der Waals surface area contributed by atoms with E-state index in [0.29, 0.717) is 12.8 Å². The molecule has 1 aromatic heterocycles. The lowest BCUT2D eigenvalue weighted by atomic mass is 10.1. The number of aromatic nitrogens is 1. The predicted molar refractivity (Wildman–Crippen MR) is 106 cm³/mol. The van der Waals surface area contributed by atoms with Crippen LogP contribution >= 0.6 is 0 Å². The standard InChI is InChI=1S/C21H29N3O4/c1-15-19(16(2)28-22-15)14-23-9-11-24(12-10-23)21(25)8-5-17-13-18(26-3)6-7-20(17)27-4/h6-7,13H,5,8-12,14H2,1-4H3. The van der Waals surface area contributed by atoms with Crippen molar-refractivity contribution in [1.82, 2.24) is 15.0 Å². The second-order valence-electron chi connectivity index (χ2n) is 7.14. The molecule has 7 nitrogen and oxygen atoms in total. The average Bonchev–Trinajstić information content (AvgIpc) is 3.04. The van der Waals surface area contributed by atoms with Crippen molar-refractivity contribution in [2.45, 2.75) is 33.2 Å². The van der Waals surface area contributed by atoms with E-state index in [-0.39, 0.29) is 5.91 Å². The fourth-order valence-electron chi connectivity index (χ4n) is 3.58. The number of hydrogen-bond acceptors (Lipinski definition) is 6. The molecule has 2 aromatic rings. The maximum absolute atomic E-state index is 12.7. The maximum Gasteiger partial charge on any atom is 0.222 e. The summed E-state index contributed by atoms with van der Waals surface area (Å²) in [6.45, 7) is 7.95. The van der Waals surface area contributed by atoms with Crippen molar-refractivity contribution >= 4 is 5.91 Å². The zero-order valence-corrected chi connectivity index (χ0v) is 17.2. The molecule has 0 aliphatic carbocycles. The van der Waals surface area contributed by atoms with Gasteiger partial charge in [0.25, 0.3) is 0 Å². The molecule has 1 aromatic carbocycles. The molecule has 1 saturated heterocycles. The molecule has 0 spiro atoms. The monoisotopic (exact) mass is 387 g/mol. The number of rotatable bonds is 7. The van der Waals surface area contributed by atoms with E-state index in [9.17, 15) is 4.79 Å². The number of carbonyl (C=O) groups excluding carboxylic acids is 1. The molecule has 1 amide bonds. The number of hydrogen-bond donors (Lipinski definition) is 0. The van der Waals surface area contributed by atoms with Crippen LogP contribution in [0.4, 0.5) is 0 Å². The van der Waals surface area contributed by atoms with Crippen molar-refractivity contribution in [3.8, 4) is 11.5 Å². The van der Waals surface area contributed by atoms with Gasteiger partial charge in [-0.1, -0.05) is 5.16 Å². The highest BCUT2D eigenvalue weighted by molar-refractivity contribution is 5.76. The third-order valence-corrected chi connectivity index (χ3v) is 5.38. The molecule has 0 bridgehead atoms. The predicted octanol–water partition coefficient (Wildman–Crippen LogP) is 2.59. The number of nitrogens with zero attached hydrogens (tertiary/aromatic N) is 3. The van der Waals surface area contributed by atoms with Gasteiger partial charge < -0.3 is 18.9 Å². The van der Waals surface area contributed by atoms with Crippen LogP contribution in [0.25, 0.3) is 0 Å². The summed E-state index contributed by atoms with van der Waals surface area (Å²) in [4.78, 5) is 17.0. The van der Waals surface area contributed by atoms with Gasteiger partial charge in [-0.2, -0.15) is 0 Å². The minimum Gasteiger partial charge on any atom is -0.497 e. The Bertz CT molecular complexity index is 790. The zero-order chi connectivity index (χ0) is 20.1. The fourth-order valence-corrected chi connectivity index (χ4v) is 3.58. The highest BCUT2D eigenvalue weighted by atomic mass is 16.5. The van der Waals surface area contributed by atoms with E-state index in [1.54, 1.807) is 14.2 Å². The third kappa shape index (κ3) is 4.65. The molecular weight excluding hydrogens is 358 g/mol. The first kappa shape index (κ1) is 20.2. The van der Waals surface area contributed by atoms with Gasteiger partial charge in [-0.3, -0.25) is 9.69 Å². The number of carbonyl (C=O) groups is 1. The molecule has 1 aliphatic rings. The summed E-state index contributed by atoms with van der Waals surface area (Å²) < 4.78 is 15.9. The van der Waals surface area contributed by atoms with Crippen molar-refractivity contribution in [3.63, 3.8) is 0 Å². The van der Waals surface area contributed by atoms with Gasteiger partial charge in [0.1, 0.15) is 17.3 Å². The van der Waals surface area contributed by atoms with Crippen molar-refractivity contribution in [3.05, 3.63) is 40.8 Å².